The lowest BCUT2D eigenvalue weighted by molar-refractivity contribution is -0.137. The highest BCUT2D eigenvalue weighted by Crippen LogP contribution is 2.29. The number of alkyl halides is 3. The number of nitrogen functional groups attached to an aromatic ring is 1. The van der Waals surface area contributed by atoms with E-state index in [1.54, 1.807) is 6.20 Å². The summed E-state index contributed by atoms with van der Waals surface area (Å²) in [6.45, 7) is 0. The average molecular weight is 258 g/mol. The third-order valence-electron chi connectivity index (χ3n) is 2.23. The zero-order valence-corrected chi connectivity index (χ0v) is 9.48. The second kappa shape index (κ2) is 4.37. The second-order valence-electron chi connectivity index (χ2n) is 3.54. The summed E-state index contributed by atoms with van der Waals surface area (Å²) in [6, 6.07) is 5.11. The molecule has 0 aliphatic heterocycles. The number of benzene rings is 1. The first kappa shape index (κ1) is 11.9. The Hall–Kier alpha value is -1.56. The lowest BCUT2D eigenvalue weighted by Crippen LogP contribution is -2.04. The summed E-state index contributed by atoms with van der Waals surface area (Å²) < 4.78 is 37.0. The molecule has 2 rings (SSSR count). The van der Waals surface area contributed by atoms with Gasteiger partial charge in [-0.1, -0.05) is 12.1 Å². The van der Waals surface area contributed by atoms with Crippen molar-refractivity contribution in [1.29, 1.82) is 0 Å². The third-order valence-corrected chi connectivity index (χ3v) is 3.06. The first-order valence-corrected chi connectivity index (χ1v) is 5.63. The van der Waals surface area contributed by atoms with Crippen LogP contribution in [0.1, 0.15) is 16.0 Å². The minimum atomic E-state index is -4.28. The Balaban J connectivity index is 2.13. The van der Waals surface area contributed by atoms with E-state index in [0.29, 0.717) is 11.6 Å². The van der Waals surface area contributed by atoms with Crippen LogP contribution in [0.25, 0.3) is 0 Å². The van der Waals surface area contributed by atoms with Gasteiger partial charge in [0.05, 0.1) is 5.56 Å². The molecular formula is C11H9F3N2S. The van der Waals surface area contributed by atoms with E-state index in [9.17, 15) is 13.2 Å². The topological polar surface area (TPSA) is 38.9 Å². The minimum absolute atomic E-state index is 0.465. The Kier molecular flexibility index (Phi) is 3.06. The Morgan fingerprint density at radius 2 is 1.82 bits per heavy atom. The van der Waals surface area contributed by atoms with Gasteiger partial charge in [0.15, 0.2) is 5.13 Å². The zero-order chi connectivity index (χ0) is 12.5. The number of thiazole rings is 1. The smallest absolute Gasteiger partial charge is 0.375 e. The van der Waals surface area contributed by atoms with Crippen LogP contribution in [0, 0.1) is 0 Å². The van der Waals surface area contributed by atoms with E-state index < -0.39 is 11.7 Å². The molecule has 2 N–H and O–H groups in total. The molecule has 0 saturated heterocycles. The van der Waals surface area contributed by atoms with Gasteiger partial charge in [-0.25, -0.2) is 4.98 Å². The van der Waals surface area contributed by atoms with Crippen LogP contribution in [-0.2, 0) is 12.6 Å². The molecule has 6 heteroatoms. The van der Waals surface area contributed by atoms with Crippen molar-refractivity contribution in [3.8, 4) is 0 Å². The number of anilines is 1. The molecule has 0 fully saturated rings. The summed E-state index contributed by atoms with van der Waals surface area (Å²) in [5.74, 6) is 0. The number of nitrogens with zero attached hydrogens (tertiary/aromatic N) is 1. The monoisotopic (exact) mass is 258 g/mol. The molecule has 0 aliphatic carbocycles. The van der Waals surface area contributed by atoms with E-state index >= 15 is 0 Å². The predicted molar refractivity (Wildman–Crippen MR) is 60.8 cm³/mol. The highest BCUT2D eigenvalue weighted by atomic mass is 32.1. The van der Waals surface area contributed by atoms with Crippen LogP contribution >= 0.6 is 11.3 Å². The fourth-order valence-corrected chi connectivity index (χ4v) is 2.14. The van der Waals surface area contributed by atoms with Gasteiger partial charge in [-0.3, -0.25) is 0 Å². The molecule has 0 spiro atoms. The van der Waals surface area contributed by atoms with Crippen molar-refractivity contribution in [1.82, 2.24) is 4.98 Å². The van der Waals surface area contributed by atoms with Crippen LogP contribution in [0.15, 0.2) is 30.5 Å². The summed E-state index contributed by atoms with van der Waals surface area (Å²) in [7, 11) is 0. The molecular weight excluding hydrogens is 249 g/mol. The van der Waals surface area contributed by atoms with Gasteiger partial charge in [0.25, 0.3) is 0 Å². The predicted octanol–water partition coefficient (Wildman–Crippen LogP) is 3.33. The maximum Gasteiger partial charge on any atom is 0.416 e. The molecule has 0 aliphatic rings. The van der Waals surface area contributed by atoms with Crippen molar-refractivity contribution < 1.29 is 13.2 Å². The first-order valence-electron chi connectivity index (χ1n) is 4.81. The second-order valence-corrected chi connectivity index (χ2v) is 4.68. The summed E-state index contributed by atoms with van der Waals surface area (Å²) >= 11 is 1.34. The Morgan fingerprint density at radius 3 is 2.29 bits per heavy atom. The molecule has 1 aromatic heterocycles. The summed E-state index contributed by atoms with van der Waals surface area (Å²) in [5, 5.41) is 0.465. The molecule has 1 heterocycles. The Morgan fingerprint density at radius 1 is 1.18 bits per heavy atom. The van der Waals surface area contributed by atoms with E-state index in [-0.39, 0.29) is 0 Å². The molecule has 0 saturated carbocycles. The van der Waals surface area contributed by atoms with E-state index in [0.717, 1.165) is 22.6 Å². The van der Waals surface area contributed by atoms with Gasteiger partial charge in [-0.15, -0.1) is 11.3 Å². The maximum atomic E-state index is 12.3. The fourth-order valence-electron chi connectivity index (χ4n) is 1.42. The molecule has 0 amide bonds. The summed E-state index contributed by atoms with van der Waals surface area (Å²) in [5.41, 5.74) is 5.64. The number of hydrogen-bond donors (Lipinski definition) is 1. The van der Waals surface area contributed by atoms with E-state index in [1.807, 2.05) is 0 Å². The molecule has 17 heavy (non-hydrogen) atoms. The number of rotatable bonds is 2. The number of hydrogen-bond acceptors (Lipinski definition) is 3. The third kappa shape index (κ3) is 2.97. The van der Waals surface area contributed by atoms with Crippen molar-refractivity contribution in [3.63, 3.8) is 0 Å². The highest BCUT2D eigenvalue weighted by molar-refractivity contribution is 7.15. The lowest BCUT2D eigenvalue weighted by Gasteiger charge is -2.06. The maximum absolute atomic E-state index is 12.3. The Labute approximate surface area is 99.9 Å². The summed E-state index contributed by atoms with van der Waals surface area (Å²) in [6.07, 6.45) is -2.10. The molecule has 1 aromatic carbocycles. The fraction of sp³-hybridized carbons (Fsp3) is 0.182. The molecule has 0 bridgehead atoms. The van der Waals surface area contributed by atoms with Gasteiger partial charge in [-0.05, 0) is 17.7 Å². The number of halogens is 3. The van der Waals surface area contributed by atoms with Crippen LogP contribution in [-0.4, -0.2) is 4.98 Å². The van der Waals surface area contributed by atoms with Crippen LogP contribution in [0.2, 0.25) is 0 Å². The van der Waals surface area contributed by atoms with Crippen LogP contribution in [0.3, 0.4) is 0 Å². The Bertz CT molecular complexity index is 502. The van der Waals surface area contributed by atoms with Crippen molar-refractivity contribution in [2.45, 2.75) is 12.6 Å². The van der Waals surface area contributed by atoms with Gasteiger partial charge in [0, 0.05) is 17.5 Å². The highest BCUT2D eigenvalue weighted by Gasteiger charge is 2.29. The van der Waals surface area contributed by atoms with Gasteiger partial charge in [0.2, 0.25) is 0 Å². The van der Waals surface area contributed by atoms with Gasteiger partial charge >= 0.3 is 6.18 Å². The minimum Gasteiger partial charge on any atom is -0.375 e. The van der Waals surface area contributed by atoms with E-state index in [1.165, 1.54) is 23.5 Å². The van der Waals surface area contributed by atoms with Crippen LogP contribution in [0.5, 0.6) is 0 Å². The van der Waals surface area contributed by atoms with Gasteiger partial charge in [0.1, 0.15) is 0 Å². The van der Waals surface area contributed by atoms with Crippen molar-refractivity contribution in [3.05, 3.63) is 46.5 Å². The van der Waals surface area contributed by atoms with Crippen molar-refractivity contribution in [2.75, 3.05) is 5.73 Å². The average Bonchev–Trinajstić information content (AvgIpc) is 2.63. The van der Waals surface area contributed by atoms with Crippen molar-refractivity contribution >= 4 is 16.5 Å². The normalized spacial score (nSPS) is 11.7. The number of nitrogens with two attached hydrogens (primary N) is 1. The van der Waals surface area contributed by atoms with E-state index in [4.69, 9.17) is 5.73 Å². The first-order chi connectivity index (χ1) is 7.95. The SMILES string of the molecule is Nc1ncc(Cc2ccc(C(F)(F)F)cc2)s1. The van der Waals surface area contributed by atoms with Crippen molar-refractivity contribution in [2.24, 2.45) is 0 Å². The lowest BCUT2D eigenvalue weighted by atomic mass is 10.1. The molecule has 2 nitrogen and oxygen atoms in total. The largest absolute Gasteiger partial charge is 0.416 e. The molecule has 0 unspecified atom stereocenters. The molecule has 0 radical (unpaired) electrons. The summed E-state index contributed by atoms with van der Waals surface area (Å²) in [4.78, 5) is 4.82. The van der Waals surface area contributed by atoms with Gasteiger partial charge < -0.3 is 5.73 Å². The standard InChI is InChI=1S/C11H9F3N2S/c12-11(13,14)8-3-1-7(2-4-8)5-9-6-16-10(15)17-9/h1-4,6H,5H2,(H2,15,16). The van der Waals surface area contributed by atoms with E-state index in [2.05, 4.69) is 4.98 Å². The molecule has 0 atom stereocenters. The molecule has 90 valence electrons. The zero-order valence-electron chi connectivity index (χ0n) is 8.66. The van der Waals surface area contributed by atoms with Gasteiger partial charge in [-0.2, -0.15) is 13.2 Å². The number of aromatic nitrogens is 1. The van der Waals surface area contributed by atoms with Crippen LogP contribution in [0.4, 0.5) is 18.3 Å². The van der Waals surface area contributed by atoms with Crippen LogP contribution < -0.4 is 5.73 Å². The molecule has 2 aromatic rings. The quantitative estimate of drug-likeness (QED) is 0.897.